The summed E-state index contributed by atoms with van der Waals surface area (Å²) in [4.78, 5) is 0.407. The Balaban J connectivity index is 0. The highest BCUT2D eigenvalue weighted by Crippen LogP contribution is 1.62. The van der Waals surface area contributed by atoms with E-state index < -0.39 is 0 Å². The monoisotopic (exact) mass is 240 g/mol. The van der Waals surface area contributed by atoms with E-state index in [1.165, 1.54) is 0 Å². The van der Waals surface area contributed by atoms with Crippen LogP contribution in [-0.4, -0.2) is 20.0 Å². The van der Waals surface area contributed by atoms with Gasteiger partial charge in [0.15, 0.2) is 0 Å². The van der Waals surface area contributed by atoms with Crippen molar-refractivity contribution in [1.82, 2.24) is 0 Å². The van der Waals surface area contributed by atoms with Gasteiger partial charge in [0.1, 0.15) is 20.0 Å². The van der Waals surface area contributed by atoms with Gasteiger partial charge in [-0.3, -0.25) is 0 Å². The molecular formula is C4H8N4S4. The van der Waals surface area contributed by atoms with Gasteiger partial charge in [0, 0.05) is 0 Å². The van der Waals surface area contributed by atoms with Gasteiger partial charge >= 0.3 is 0 Å². The van der Waals surface area contributed by atoms with Crippen molar-refractivity contribution in [2.24, 2.45) is 22.9 Å². The molecule has 0 aromatic carbocycles. The lowest BCUT2D eigenvalue weighted by Crippen LogP contribution is -2.26. The standard InChI is InChI=1S/2C2H4N2S2/c2*3-1(5)2(4)6/h2*(H2,3,5)(H2,4,6). The molecule has 0 unspecified atom stereocenters. The van der Waals surface area contributed by atoms with Crippen molar-refractivity contribution in [2.75, 3.05) is 0 Å². The molecule has 0 aliphatic carbocycles. The molecule has 0 amide bonds. The summed E-state index contributed by atoms with van der Waals surface area (Å²) in [7, 11) is 0. The van der Waals surface area contributed by atoms with Crippen molar-refractivity contribution in [2.45, 2.75) is 0 Å². The van der Waals surface area contributed by atoms with Crippen molar-refractivity contribution in [3.05, 3.63) is 0 Å². The van der Waals surface area contributed by atoms with Crippen LogP contribution in [0.1, 0.15) is 0 Å². The normalized spacial score (nSPS) is 7.33. The van der Waals surface area contributed by atoms with E-state index in [2.05, 4.69) is 48.9 Å². The van der Waals surface area contributed by atoms with Gasteiger partial charge < -0.3 is 22.9 Å². The highest BCUT2D eigenvalue weighted by Gasteiger charge is 1.85. The van der Waals surface area contributed by atoms with E-state index in [4.69, 9.17) is 22.9 Å². The number of hydrogen-bond donors (Lipinski definition) is 4. The Labute approximate surface area is 91.6 Å². The summed E-state index contributed by atoms with van der Waals surface area (Å²) in [6.45, 7) is 0. The van der Waals surface area contributed by atoms with Crippen molar-refractivity contribution in [3.63, 3.8) is 0 Å². The smallest absolute Gasteiger partial charge is 0.131 e. The van der Waals surface area contributed by atoms with Crippen LogP contribution in [-0.2, 0) is 0 Å². The highest BCUT2D eigenvalue weighted by atomic mass is 32.1. The first-order valence-corrected chi connectivity index (χ1v) is 4.10. The van der Waals surface area contributed by atoms with Gasteiger partial charge in [-0.15, -0.1) is 0 Å². The van der Waals surface area contributed by atoms with Gasteiger partial charge in [-0.25, -0.2) is 0 Å². The Kier molecular flexibility index (Phi) is 8.49. The van der Waals surface area contributed by atoms with Crippen LogP contribution >= 0.6 is 48.9 Å². The summed E-state index contributed by atoms with van der Waals surface area (Å²) in [6, 6.07) is 0. The van der Waals surface area contributed by atoms with Crippen LogP contribution < -0.4 is 22.9 Å². The third-order valence-corrected chi connectivity index (χ3v) is 1.62. The van der Waals surface area contributed by atoms with Crippen molar-refractivity contribution in [1.29, 1.82) is 0 Å². The molecule has 68 valence electrons. The van der Waals surface area contributed by atoms with Gasteiger partial charge in [-0.1, -0.05) is 48.9 Å². The Morgan fingerprint density at radius 3 is 0.583 bits per heavy atom. The molecule has 0 spiro atoms. The Bertz CT molecular complexity index is 175. The molecule has 0 fully saturated rings. The fourth-order valence-corrected chi connectivity index (χ4v) is 0. The quantitative estimate of drug-likeness (QED) is 0.405. The zero-order chi connectivity index (χ0) is 10.3. The van der Waals surface area contributed by atoms with E-state index in [9.17, 15) is 0 Å². The largest absolute Gasteiger partial charge is 0.388 e. The molecule has 0 heterocycles. The Morgan fingerprint density at radius 2 is 0.583 bits per heavy atom. The fourth-order valence-electron chi connectivity index (χ4n) is 0. The molecule has 0 aromatic rings. The van der Waals surface area contributed by atoms with E-state index in [0.717, 1.165) is 0 Å². The Hall–Kier alpha value is -0.440. The van der Waals surface area contributed by atoms with E-state index >= 15 is 0 Å². The summed E-state index contributed by atoms with van der Waals surface area (Å²) in [5, 5.41) is 0. The molecule has 0 saturated carbocycles. The average molecular weight is 240 g/mol. The van der Waals surface area contributed by atoms with Gasteiger partial charge in [-0.05, 0) is 0 Å². The zero-order valence-electron chi connectivity index (χ0n) is 5.94. The predicted octanol–water partition coefficient (Wildman–Crippen LogP) is -0.883. The summed E-state index contributed by atoms with van der Waals surface area (Å²) < 4.78 is 0. The van der Waals surface area contributed by atoms with E-state index in [-0.39, 0.29) is 20.0 Å². The van der Waals surface area contributed by atoms with E-state index in [1.807, 2.05) is 0 Å². The molecule has 0 saturated heterocycles. The maximum absolute atomic E-state index is 4.90. The molecular weight excluding hydrogens is 232 g/mol. The SMILES string of the molecule is NC(=S)C(N)=S.NC(=S)C(N)=S. The molecule has 0 rings (SSSR count). The zero-order valence-corrected chi connectivity index (χ0v) is 9.21. The second-order valence-corrected chi connectivity index (χ2v) is 3.22. The summed E-state index contributed by atoms with van der Waals surface area (Å²) in [5.41, 5.74) is 19.6. The number of hydrogen-bond acceptors (Lipinski definition) is 4. The molecule has 4 nitrogen and oxygen atoms in total. The van der Waals surface area contributed by atoms with Gasteiger partial charge in [0.05, 0.1) is 0 Å². The minimum Gasteiger partial charge on any atom is -0.388 e. The molecule has 0 radical (unpaired) electrons. The van der Waals surface area contributed by atoms with Crippen LogP contribution in [0.3, 0.4) is 0 Å². The van der Waals surface area contributed by atoms with E-state index in [0.29, 0.717) is 0 Å². The van der Waals surface area contributed by atoms with Crippen LogP contribution in [0.25, 0.3) is 0 Å². The molecule has 0 aliphatic rings. The van der Waals surface area contributed by atoms with Crippen molar-refractivity contribution in [3.8, 4) is 0 Å². The maximum atomic E-state index is 4.90. The van der Waals surface area contributed by atoms with Crippen LogP contribution in [0.2, 0.25) is 0 Å². The van der Waals surface area contributed by atoms with Gasteiger partial charge in [-0.2, -0.15) is 0 Å². The van der Waals surface area contributed by atoms with Gasteiger partial charge in [0.25, 0.3) is 0 Å². The summed E-state index contributed by atoms with van der Waals surface area (Å²) in [5.74, 6) is 0. The maximum Gasteiger partial charge on any atom is 0.131 e. The molecule has 0 bridgehead atoms. The van der Waals surface area contributed by atoms with Crippen LogP contribution in [0.4, 0.5) is 0 Å². The Morgan fingerprint density at radius 1 is 0.500 bits per heavy atom. The van der Waals surface area contributed by atoms with E-state index in [1.54, 1.807) is 0 Å². The first kappa shape index (κ1) is 14.1. The predicted molar refractivity (Wildman–Crippen MR) is 67.1 cm³/mol. The highest BCUT2D eigenvalue weighted by molar-refractivity contribution is 7.89. The minimum absolute atomic E-state index is 0.102. The van der Waals surface area contributed by atoms with Crippen LogP contribution in [0.15, 0.2) is 0 Å². The third kappa shape index (κ3) is 12.3. The molecule has 0 aromatic heterocycles. The fraction of sp³-hybridized carbons (Fsp3) is 0. The number of thiocarbonyl (C=S) groups is 4. The summed E-state index contributed by atoms with van der Waals surface area (Å²) in [6.07, 6.45) is 0. The second kappa shape index (κ2) is 7.22. The van der Waals surface area contributed by atoms with Crippen molar-refractivity contribution < 1.29 is 0 Å². The lowest BCUT2D eigenvalue weighted by molar-refractivity contribution is 1.79. The molecule has 8 N–H and O–H groups in total. The summed E-state index contributed by atoms with van der Waals surface area (Å²) >= 11 is 17.3. The average Bonchev–Trinajstić information content (AvgIpc) is 1.88. The lowest BCUT2D eigenvalue weighted by Gasteiger charge is -1.84. The number of nitrogens with two attached hydrogens (primary N) is 4. The van der Waals surface area contributed by atoms with Crippen molar-refractivity contribution >= 4 is 68.8 Å². The third-order valence-electron chi connectivity index (χ3n) is 0.486. The topological polar surface area (TPSA) is 104 Å². The molecule has 0 atom stereocenters. The molecule has 12 heavy (non-hydrogen) atoms. The lowest BCUT2D eigenvalue weighted by atomic mass is 10.7. The van der Waals surface area contributed by atoms with Crippen LogP contribution in [0, 0.1) is 0 Å². The first-order valence-electron chi connectivity index (χ1n) is 2.47. The first-order chi connectivity index (χ1) is 5.29. The second-order valence-electron chi connectivity index (χ2n) is 1.46. The number of rotatable bonds is 0. The molecule has 8 heteroatoms. The van der Waals surface area contributed by atoms with Crippen LogP contribution in [0.5, 0.6) is 0 Å². The minimum atomic E-state index is 0.102. The van der Waals surface area contributed by atoms with Gasteiger partial charge in [0.2, 0.25) is 0 Å². The molecule has 0 aliphatic heterocycles.